The topological polar surface area (TPSA) is 72.8 Å². The molecule has 23 heavy (non-hydrogen) atoms. The Morgan fingerprint density at radius 1 is 1.52 bits per heavy atom. The van der Waals surface area contributed by atoms with E-state index in [0.29, 0.717) is 12.3 Å². The molecule has 6 nitrogen and oxygen atoms in total. The van der Waals surface area contributed by atoms with Crippen molar-refractivity contribution in [1.82, 2.24) is 10.5 Å². The Balaban J connectivity index is 3.17. The molecule has 0 atom stereocenters. The lowest BCUT2D eigenvalue weighted by atomic mass is 10.2. The number of esters is 1. The maximum absolute atomic E-state index is 12.6. The van der Waals surface area contributed by atoms with Crippen molar-refractivity contribution in [1.29, 1.82) is 0 Å². The SMILES string of the molecule is CCOC(=O)/C(=C/c1ncc(C(F)(F)F)cc1Cl)N=CNOC. The highest BCUT2D eigenvalue weighted by atomic mass is 35.5. The number of halogens is 4. The third kappa shape index (κ3) is 5.87. The monoisotopic (exact) mass is 351 g/mol. The minimum absolute atomic E-state index is 0.0581. The van der Waals surface area contributed by atoms with Crippen LogP contribution in [0.2, 0.25) is 5.02 Å². The van der Waals surface area contributed by atoms with Crippen molar-refractivity contribution in [3.05, 3.63) is 34.2 Å². The van der Waals surface area contributed by atoms with Crippen LogP contribution in [0.25, 0.3) is 6.08 Å². The first kappa shape index (κ1) is 18.9. The molecule has 1 N–H and O–H groups in total. The summed E-state index contributed by atoms with van der Waals surface area (Å²) >= 11 is 5.77. The van der Waals surface area contributed by atoms with Crippen LogP contribution in [0.4, 0.5) is 13.2 Å². The van der Waals surface area contributed by atoms with Gasteiger partial charge in [0.25, 0.3) is 0 Å². The number of carbonyl (C=O) groups excluding carboxylic acids is 1. The fourth-order valence-corrected chi connectivity index (χ4v) is 1.56. The van der Waals surface area contributed by atoms with Gasteiger partial charge in [-0.15, -0.1) is 0 Å². The molecule has 0 aliphatic rings. The number of ether oxygens (including phenoxy) is 1. The normalized spacial score (nSPS) is 12.5. The average molecular weight is 352 g/mol. The first-order valence-electron chi connectivity index (χ1n) is 6.22. The molecule has 10 heteroatoms. The molecular weight excluding hydrogens is 339 g/mol. The molecule has 1 aromatic rings. The van der Waals surface area contributed by atoms with E-state index in [1.165, 1.54) is 7.11 Å². The second-order valence-electron chi connectivity index (χ2n) is 3.92. The quantitative estimate of drug-likeness (QED) is 0.280. The van der Waals surface area contributed by atoms with Crippen LogP contribution in [0.1, 0.15) is 18.2 Å². The molecular formula is C13H13ClF3N3O3. The van der Waals surface area contributed by atoms with Crippen LogP contribution in [0.5, 0.6) is 0 Å². The predicted molar refractivity (Wildman–Crippen MR) is 77.5 cm³/mol. The van der Waals surface area contributed by atoms with E-state index >= 15 is 0 Å². The number of rotatable bonds is 6. The lowest BCUT2D eigenvalue weighted by molar-refractivity contribution is -0.139. The van der Waals surface area contributed by atoms with Gasteiger partial charge in [-0.3, -0.25) is 15.3 Å². The average Bonchev–Trinajstić information content (AvgIpc) is 2.47. The number of aliphatic imine (C=N–C) groups is 1. The standard InChI is InChI=1S/C13H13ClF3N3O3/c1-3-23-12(21)11(19-7-20-22-2)5-10-9(14)4-8(6-18-10)13(15,16)17/h4-7H,3H2,1-2H3,(H,19,20)/b11-5-. The maximum Gasteiger partial charge on any atom is 0.417 e. The van der Waals surface area contributed by atoms with Crippen molar-refractivity contribution >= 4 is 30.0 Å². The fraction of sp³-hybridized carbons (Fsp3) is 0.308. The third-order valence-corrected chi connectivity index (χ3v) is 2.63. The minimum Gasteiger partial charge on any atom is -0.461 e. The van der Waals surface area contributed by atoms with Crippen molar-refractivity contribution in [3.63, 3.8) is 0 Å². The zero-order chi connectivity index (χ0) is 17.5. The number of hydroxylamine groups is 1. The Morgan fingerprint density at radius 3 is 2.74 bits per heavy atom. The van der Waals surface area contributed by atoms with Crippen LogP contribution < -0.4 is 5.48 Å². The van der Waals surface area contributed by atoms with Crippen molar-refractivity contribution in [2.45, 2.75) is 13.1 Å². The van der Waals surface area contributed by atoms with E-state index in [-0.39, 0.29) is 23.0 Å². The van der Waals surface area contributed by atoms with Crippen LogP contribution in [0, 0.1) is 0 Å². The van der Waals surface area contributed by atoms with Gasteiger partial charge in [-0.2, -0.15) is 13.2 Å². The fourth-order valence-electron chi connectivity index (χ4n) is 1.34. The molecule has 0 fully saturated rings. The highest BCUT2D eigenvalue weighted by Gasteiger charge is 2.31. The zero-order valence-electron chi connectivity index (χ0n) is 12.1. The molecule has 0 unspecified atom stereocenters. The molecule has 1 heterocycles. The van der Waals surface area contributed by atoms with Gasteiger partial charge < -0.3 is 4.74 Å². The summed E-state index contributed by atoms with van der Waals surface area (Å²) < 4.78 is 42.5. The number of pyridine rings is 1. The largest absolute Gasteiger partial charge is 0.461 e. The molecule has 0 spiro atoms. The smallest absolute Gasteiger partial charge is 0.417 e. The predicted octanol–water partition coefficient (Wildman–Crippen LogP) is 2.84. The summed E-state index contributed by atoms with van der Waals surface area (Å²) in [5.41, 5.74) is 0.989. The summed E-state index contributed by atoms with van der Waals surface area (Å²) in [4.78, 5) is 23.6. The molecule has 1 aromatic heterocycles. The Morgan fingerprint density at radius 2 is 2.22 bits per heavy atom. The second kappa shape index (κ2) is 8.49. The van der Waals surface area contributed by atoms with Crippen molar-refractivity contribution in [2.24, 2.45) is 4.99 Å². The van der Waals surface area contributed by atoms with E-state index in [9.17, 15) is 18.0 Å². The Labute approximate surface area is 134 Å². The highest BCUT2D eigenvalue weighted by Crippen LogP contribution is 2.31. The second-order valence-corrected chi connectivity index (χ2v) is 4.33. The van der Waals surface area contributed by atoms with Crippen LogP contribution in [-0.4, -0.2) is 31.0 Å². The molecule has 0 aromatic carbocycles. The van der Waals surface area contributed by atoms with Gasteiger partial charge in [-0.25, -0.2) is 9.79 Å². The van der Waals surface area contributed by atoms with E-state index < -0.39 is 17.7 Å². The van der Waals surface area contributed by atoms with Gasteiger partial charge in [0.15, 0.2) is 5.70 Å². The van der Waals surface area contributed by atoms with Crippen molar-refractivity contribution < 1.29 is 27.5 Å². The summed E-state index contributed by atoms with van der Waals surface area (Å²) in [5.74, 6) is -0.792. The third-order valence-electron chi connectivity index (χ3n) is 2.33. The van der Waals surface area contributed by atoms with Gasteiger partial charge in [0.2, 0.25) is 0 Å². The van der Waals surface area contributed by atoms with Gasteiger partial charge in [-0.05, 0) is 19.1 Å². The number of alkyl halides is 3. The van der Waals surface area contributed by atoms with Crippen LogP contribution in [0.3, 0.4) is 0 Å². The van der Waals surface area contributed by atoms with E-state index in [4.69, 9.17) is 16.3 Å². The molecule has 0 amide bonds. The molecule has 0 saturated heterocycles. The molecule has 0 aliphatic heterocycles. The first-order valence-corrected chi connectivity index (χ1v) is 6.60. The van der Waals surface area contributed by atoms with E-state index in [1.54, 1.807) is 6.92 Å². The van der Waals surface area contributed by atoms with Crippen LogP contribution >= 0.6 is 11.6 Å². The highest BCUT2D eigenvalue weighted by molar-refractivity contribution is 6.32. The molecule has 0 radical (unpaired) electrons. The zero-order valence-corrected chi connectivity index (χ0v) is 12.9. The number of hydrogen-bond donors (Lipinski definition) is 1. The number of nitrogens with one attached hydrogen (secondary N) is 1. The van der Waals surface area contributed by atoms with Gasteiger partial charge in [0, 0.05) is 6.20 Å². The minimum atomic E-state index is -4.57. The summed E-state index contributed by atoms with van der Waals surface area (Å²) in [7, 11) is 1.33. The van der Waals surface area contributed by atoms with Crippen molar-refractivity contribution in [2.75, 3.05) is 13.7 Å². The summed E-state index contributed by atoms with van der Waals surface area (Å²) in [6.45, 7) is 1.69. The molecule has 1 rings (SSSR count). The van der Waals surface area contributed by atoms with Crippen molar-refractivity contribution in [3.8, 4) is 0 Å². The Bertz CT molecular complexity index is 618. The lowest BCUT2D eigenvalue weighted by Crippen LogP contribution is -2.11. The number of hydrogen-bond acceptors (Lipinski definition) is 5. The van der Waals surface area contributed by atoms with Gasteiger partial charge in [0.1, 0.15) is 6.34 Å². The number of carbonyl (C=O) groups is 1. The lowest BCUT2D eigenvalue weighted by Gasteiger charge is -2.08. The molecule has 0 saturated carbocycles. The maximum atomic E-state index is 12.6. The summed E-state index contributed by atoms with van der Waals surface area (Å²) in [5, 5.41) is -0.281. The van der Waals surface area contributed by atoms with Crippen LogP contribution in [0.15, 0.2) is 23.0 Å². The molecule has 0 bridgehead atoms. The van der Waals surface area contributed by atoms with E-state index in [1.807, 2.05) is 0 Å². The number of aromatic nitrogens is 1. The van der Waals surface area contributed by atoms with Gasteiger partial charge in [0.05, 0.1) is 30.0 Å². The van der Waals surface area contributed by atoms with Gasteiger partial charge >= 0.3 is 12.1 Å². The van der Waals surface area contributed by atoms with E-state index in [2.05, 4.69) is 20.3 Å². The first-order chi connectivity index (χ1) is 10.8. The Kier molecular flexibility index (Phi) is 6.98. The number of nitrogens with zero attached hydrogens (tertiary/aromatic N) is 2. The van der Waals surface area contributed by atoms with Gasteiger partial charge in [-0.1, -0.05) is 11.6 Å². The summed E-state index contributed by atoms with van der Waals surface area (Å²) in [6, 6.07) is 0.709. The summed E-state index contributed by atoms with van der Waals surface area (Å²) in [6.07, 6.45) is -1.80. The van der Waals surface area contributed by atoms with Crippen LogP contribution in [-0.2, 0) is 20.5 Å². The Hall–Kier alpha value is -2.13. The molecule has 0 aliphatic carbocycles. The molecule has 126 valence electrons. The van der Waals surface area contributed by atoms with E-state index in [0.717, 1.165) is 12.4 Å².